The van der Waals surface area contributed by atoms with Crippen molar-refractivity contribution in [1.29, 1.82) is 0 Å². The molecule has 0 spiro atoms. The molecule has 0 heterocycles. The lowest BCUT2D eigenvalue weighted by molar-refractivity contribution is 0.103. The number of ketones is 1. The first-order valence-electron chi connectivity index (χ1n) is 6.19. The van der Waals surface area contributed by atoms with Crippen LogP contribution < -0.4 is 10.5 Å². The van der Waals surface area contributed by atoms with Gasteiger partial charge in [0.05, 0.1) is 18.4 Å². The molecule has 0 fully saturated rings. The predicted octanol–water partition coefficient (Wildman–Crippen LogP) is 3.26. The summed E-state index contributed by atoms with van der Waals surface area (Å²) in [7, 11) is 1.47. The van der Waals surface area contributed by atoms with E-state index in [1.54, 1.807) is 38.1 Å². The minimum absolute atomic E-state index is 0.0514. The maximum Gasteiger partial charge on any atom is 0.198 e. The van der Waals surface area contributed by atoms with Crippen LogP contribution in [0.1, 0.15) is 27.0 Å². The van der Waals surface area contributed by atoms with Crippen molar-refractivity contribution in [2.45, 2.75) is 13.8 Å². The SMILES string of the molecule is COc1cccc(C(=O)c2c(C)cc(C)cc2F)c1N. The van der Waals surface area contributed by atoms with Gasteiger partial charge in [-0.15, -0.1) is 0 Å². The van der Waals surface area contributed by atoms with Crippen LogP contribution >= 0.6 is 0 Å². The first-order chi connectivity index (χ1) is 9.45. The van der Waals surface area contributed by atoms with Gasteiger partial charge in [0.1, 0.15) is 11.6 Å². The fourth-order valence-electron chi connectivity index (χ4n) is 2.26. The Morgan fingerprint density at radius 3 is 2.55 bits per heavy atom. The molecule has 3 nitrogen and oxygen atoms in total. The van der Waals surface area contributed by atoms with E-state index in [0.717, 1.165) is 5.56 Å². The van der Waals surface area contributed by atoms with Crippen LogP contribution in [0.4, 0.5) is 10.1 Å². The van der Waals surface area contributed by atoms with Crippen LogP contribution in [0.2, 0.25) is 0 Å². The highest BCUT2D eigenvalue weighted by atomic mass is 19.1. The van der Waals surface area contributed by atoms with Crippen LogP contribution in [-0.2, 0) is 0 Å². The Hall–Kier alpha value is -2.36. The fraction of sp³-hybridized carbons (Fsp3) is 0.188. The highest BCUT2D eigenvalue weighted by Crippen LogP contribution is 2.28. The molecule has 0 bridgehead atoms. The molecule has 0 atom stereocenters. The van der Waals surface area contributed by atoms with Crippen LogP contribution in [0.3, 0.4) is 0 Å². The number of carbonyl (C=O) groups excluding carboxylic acids is 1. The van der Waals surface area contributed by atoms with Gasteiger partial charge in [0.2, 0.25) is 0 Å². The van der Waals surface area contributed by atoms with Crippen molar-refractivity contribution in [2.24, 2.45) is 0 Å². The van der Waals surface area contributed by atoms with Crippen LogP contribution in [0.5, 0.6) is 5.75 Å². The van der Waals surface area contributed by atoms with E-state index in [1.807, 2.05) is 0 Å². The number of methoxy groups -OCH3 is 1. The second-order valence-corrected chi connectivity index (χ2v) is 4.69. The standard InChI is InChI=1S/C16H16FNO2/c1-9-7-10(2)14(12(17)8-9)16(19)11-5-4-6-13(20-3)15(11)18/h4-8H,18H2,1-3H3. The number of hydrogen-bond acceptors (Lipinski definition) is 3. The van der Waals surface area contributed by atoms with Gasteiger partial charge in [-0.05, 0) is 43.2 Å². The molecule has 104 valence electrons. The van der Waals surface area contributed by atoms with Crippen LogP contribution in [-0.4, -0.2) is 12.9 Å². The van der Waals surface area contributed by atoms with Crippen LogP contribution in [0.25, 0.3) is 0 Å². The number of rotatable bonds is 3. The maximum absolute atomic E-state index is 14.1. The van der Waals surface area contributed by atoms with Gasteiger partial charge in [0.25, 0.3) is 0 Å². The summed E-state index contributed by atoms with van der Waals surface area (Å²) in [5.74, 6) is -0.563. The van der Waals surface area contributed by atoms with Gasteiger partial charge in [-0.1, -0.05) is 12.1 Å². The summed E-state index contributed by atoms with van der Waals surface area (Å²) in [5, 5.41) is 0. The Morgan fingerprint density at radius 2 is 1.95 bits per heavy atom. The summed E-state index contributed by atoms with van der Waals surface area (Å²) in [5.41, 5.74) is 7.78. The molecule has 0 saturated carbocycles. The third-order valence-electron chi connectivity index (χ3n) is 3.19. The first kappa shape index (κ1) is 14.1. The van der Waals surface area contributed by atoms with Crippen molar-refractivity contribution in [2.75, 3.05) is 12.8 Å². The minimum atomic E-state index is -0.533. The fourth-order valence-corrected chi connectivity index (χ4v) is 2.26. The second-order valence-electron chi connectivity index (χ2n) is 4.69. The third kappa shape index (κ3) is 2.37. The van der Waals surface area contributed by atoms with Crippen LogP contribution in [0, 0.1) is 19.7 Å². The number of aryl methyl sites for hydroxylation is 2. The van der Waals surface area contributed by atoms with Gasteiger partial charge in [-0.25, -0.2) is 4.39 Å². The summed E-state index contributed by atoms with van der Waals surface area (Å²) < 4.78 is 19.1. The molecule has 20 heavy (non-hydrogen) atoms. The highest BCUT2D eigenvalue weighted by molar-refractivity contribution is 6.13. The predicted molar refractivity (Wildman–Crippen MR) is 76.7 cm³/mol. The van der Waals surface area contributed by atoms with Crippen molar-refractivity contribution in [3.05, 3.63) is 58.4 Å². The van der Waals surface area contributed by atoms with Crippen molar-refractivity contribution >= 4 is 11.5 Å². The van der Waals surface area contributed by atoms with E-state index in [2.05, 4.69) is 0 Å². The van der Waals surface area contributed by atoms with Gasteiger partial charge in [0, 0.05) is 5.56 Å². The highest BCUT2D eigenvalue weighted by Gasteiger charge is 2.20. The monoisotopic (exact) mass is 273 g/mol. The number of halogens is 1. The molecule has 0 aromatic heterocycles. The number of carbonyl (C=O) groups is 1. The molecular formula is C16H16FNO2. The summed E-state index contributed by atoms with van der Waals surface area (Å²) in [6.07, 6.45) is 0. The smallest absolute Gasteiger partial charge is 0.198 e. The molecule has 0 saturated heterocycles. The summed E-state index contributed by atoms with van der Waals surface area (Å²) in [6.45, 7) is 3.49. The topological polar surface area (TPSA) is 52.3 Å². The van der Waals surface area contributed by atoms with E-state index < -0.39 is 11.6 Å². The Kier molecular flexibility index (Phi) is 3.74. The molecule has 2 aromatic carbocycles. The van der Waals surface area contributed by atoms with Crippen molar-refractivity contribution < 1.29 is 13.9 Å². The number of benzene rings is 2. The second kappa shape index (κ2) is 5.33. The van der Waals surface area contributed by atoms with Crippen molar-refractivity contribution in [3.63, 3.8) is 0 Å². The molecule has 2 rings (SSSR count). The van der Waals surface area contributed by atoms with Gasteiger partial charge in [-0.2, -0.15) is 0 Å². The average molecular weight is 273 g/mol. The molecule has 0 aliphatic heterocycles. The normalized spacial score (nSPS) is 10.4. The van der Waals surface area contributed by atoms with Gasteiger partial charge >= 0.3 is 0 Å². The summed E-state index contributed by atoms with van der Waals surface area (Å²) in [4.78, 5) is 12.5. The van der Waals surface area contributed by atoms with Gasteiger partial charge < -0.3 is 10.5 Å². The Morgan fingerprint density at radius 1 is 1.25 bits per heavy atom. The van der Waals surface area contributed by atoms with E-state index in [0.29, 0.717) is 11.3 Å². The van der Waals surface area contributed by atoms with E-state index >= 15 is 0 Å². The number of nitrogen functional groups attached to an aromatic ring is 1. The summed E-state index contributed by atoms with van der Waals surface area (Å²) >= 11 is 0. The number of ether oxygens (including phenoxy) is 1. The van der Waals surface area contributed by atoms with E-state index in [1.165, 1.54) is 13.2 Å². The van der Waals surface area contributed by atoms with Gasteiger partial charge in [0.15, 0.2) is 5.78 Å². The van der Waals surface area contributed by atoms with Crippen molar-refractivity contribution in [3.8, 4) is 5.75 Å². The number of para-hydroxylation sites is 1. The molecular weight excluding hydrogens is 257 g/mol. The molecule has 4 heteroatoms. The van der Waals surface area contributed by atoms with E-state index in [9.17, 15) is 9.18 Å². The maximum atomic E-state index is 14.1. The molecule has 2 N–H and O–H groups in total. The zero-order chi connectivity index (χ0) is 14.9. The quantitative estimate of drug-likeness (QED) is 0.689. The lowest BCUT2D eigenvalue weighted by Crippen LogP contribution is -2.10. The largest absolute Gasteiger partial charge is 0.495 e. The zero-order valence-electron chi connectivity index (χ0n) is 11.7. The molecule has 0 aliphatic rings. The molecule has 0 aliphatic carbocycles. The Labute approximate surface area is 117 Å². The van der Waals surface area contributed by atoms with E-state index in [4.69, 9.17) is 10.5 Å². The molecule has 0 radical (unpaired) electrons. The van der Waals surface area contributed by atoms with E-state index in [-0.39, 0.29) is 16.8 Å². The lowest BCUT2D eigenvalue weighted by Gasteiger charge is -2.12. The van der Waals surface area contributed by atoms with Crippen LogP contribution in [0.15, 0.2) is 30.3 Å². The Balaban J connectivity index is 2.58. The molecule has 0 unspecified atom stereocenters. The molecule has 2 aromatic rings. The number of anilines is 1. The number of nitrogens with two attached hydrogens (primary N) is 1. The van der Waals surface area contributed by atoms with Crippen molar-refractivity contribution in [1.82, 2.24) is 0 Å². The Bertz CT molecular complexity index is 657. The molecule has 0 amide bonds. The zero-order valence-corrected chi connectivity index (χ0v) is 11.7. The summed E-state index contributed by atoms with van der Waals surface area (Å²) in [6, 6.07) is 8.00. The third-order valence-corrected chi connectivity index (χ3v) is 3.19. The van der Waals surface area contributed by atoms with Gasteiger partial charge in [-0.3, -0.25) is 4.79 Å². The number of hydrogen-bond donors (Lipinski definition) is 1. The minimum Gasteiger partial charge on any atom is -0.495 e. The lowest BCUT2D eigenvalue weighted by atomic mass is 9.96. The first-order valence-corrected chi connectivity index (χ1v) is 6.19. The average Bonchev–Trinajstić information content (AvgIpc) is 2.37.